The third-order valence-corrected chi connectivity index (χ3v) is 4.07. The largest absolute Gasteiger partial charge is 0.369 e. The van der Waals surface area contributed by atoms with E-state index in [0.717, 1.165) is 30.8 Å². The highest BCUT2D eigenvalue weighted by molar-refractivity contribution is 7.09. The summed E-state index contributed by atoms with van der Waals surface area (Å²) in [6, 6.07) is 9.45. The molecule has 0 aliphatic carbocycles. The van der Waals surface area contributed by atoms with Crippen molar-refractivity contribution in [2.45, 2.75) is 26.4 Å². The fourth-order valence-corrected chi connectivity index (χ4v) is 2.95. The molecule has 0 atom stereocenters. The van der Waals surface area contributed by atoms with Crippen LogP contribution in [0.25, 0.3) is 0 Å². The highest BCUT2D eigenvalue weighted by atomic mass is 32.1. The van der Waals surface area contributed by atoms with Crippen LogP contribution in [0.4, 0.5) is 10.1 Å². The number of hydrogen-bond donors (Lipinski definition) is 1. The molecule has 0 unspecified atom stereocenters. The van der Waals surface area contributed by atoms with E-state index in [1.54, 1.807) is 17.4 Å². The molecule has 0 saturated carbocycles. The Kier molecular flexibility index (Phi) is 5.56. The SMILES string of the molecule is CCCNCc1c(F)cccc1N(C)Cc1cccs1. The molecule has 4 heteroatoms. The average molecular weight is 292 g/mol. The van der Waals surface area contributed by atoms with Crippen LogP contribution >= 0.6 is 11.3 Å². The second-order valence-corrected chi connectivity index (χ2v) is 5.88. The van der Waals surface area contributed by atoms with E-state index in [9.17, 15) is 4.39 Å². The van der Waals surface area contributed by atoms with Crippen molar-refractivity contribution in [3.8, 4) is 0 Å². The highest BCUT2D eigenvalue weighted by Gasteiger charge is 2.12. The summed E-state index contributed by atoms with van der Waals surface area (Å²) in [4.78, 5) is 3.39. The number of nitrogens with zero attached hydrogens (tertiary/aromatic N) is 1. The lowest BCUT2D eigenvalue weighted by Crippen LogP contribution is -2.21. The Labute approximate surface area is 124 Å². The first-order valence-electron chi connectivity index (χ1n) is 6.94. The monoisotopic (exact) mass is 292 g/mol. The summed E-state index contributed by atoms with van der Waals surface area (Å²) in [7, 11) is 2.01. The van der Waals surface area contributed by atoms with Gasteiger partial charge < -0.3 is 10.2 Å². The summed E-state index contributed by atoms with van der Waals surface area (Å²) >= 11 is 1.73. The van der Waals surface area contributed by atoms with E-state index >= 15 is 0 Å². The number of benzene rings is 1. The van der Waals surface area contributed by atoms with E-state index in [-0.39, 0.29) is 5.82 Å². The van der Waals surface area contributed by atoms with Crippen molar-refractivity contribution in [2.24, 2.45) is 0 Å². The molecule has 2 nitrogen and oxygen atoms in total. The van der Waals surface area contributed by atoms with Crippen LogP contribution in [0.15, 0.2) is 35.7 Å². The maximum atomic E-state index is 14.1. The predicted molar refractivity (Wildman–Crippen MR) is 84.8 cm³/mol. The van der Waals surface area contributed by atoms with Gasteiger partial charge in [-0.3, -0.25) is 0 Å². The van der Waals surface area contributed by atoms with Crippen molar-refractivity contribution < 1.29 is 4.39 Å². The summed E-state index contributed by atoms with van der Waals surface area (Å²) in [5.41, 5.74) is 1.71. The Balaban J connectivity index is 2.14. The van der Waals surface area contributed by atoms with Crippen molar-refractivity contribution in [2.75, 3.05) is 18.5 Å². The summed E-state index contributed by atoms with van der Waals surface area (Å²) in [5.74, 6) is -0.135. The molecule has 1 N–H and O–H groups in total. The second kappa shape index (κ2) is 7.41. The molecule has 2 rings (SSSR count). The molecule has 2 aromatic rings. The molecule has 1 aromatic heterocycles. The normalized spacial score (nSPS) is 10.8. The number of thiophene rings is 1. The summed E-state index contributed by atoms with van der Waals surface area (Å²) < 4.78 is 14.1. The molecule has 0 aliphatic rings. The van der Waals surface area contributed by atoms with Crippen LogP contribution < -0.4 is 10.2 Å². The number of halogens is 1. The van der Waals surface area contributed by atoms with Crippen molar-refractivity contribution in [1.29, 1.82) is 0 Å². The number of hydrogen-bond acceptors (Lipinski definition) is 3. The van der Waals surface area contributed by atoms with E-state index in [0.29, 0.717) is 6.54 Å². The topological polar surface area (TPSA) is 15.3 Å². The zero-order valence-electron chi connectivity index (χ0n) is 12.0. The van der Waals surface area contributed by atoms with Gasteiger partial charge in [-0.05, 0) is 36.5 Å². The number of nitrogens with one attached hydrogen (secondary N) is 1. The zero-order chi connectivity index (χ0) is 14.4. The maximum Gasteiger partial charge on any atom is 0.129 e. The first kappa shape index (κ1) is 15.0. The van der Waals surface area contributed by atoms with Crippen molar-refractivity contribution in [1.82, 2.24) is 5.32 Å². The third-order valence-electron chi connectivity index (χ3n) is 3.21. The molecule has 1 heterocycles. The van der Waals surface area contributed by atoms with E-state index < -0.39 is 0 Å². The minimum atomic E-state index is -0.135. The van der Waals surface area contributed by atoms with E-state index in [2.05, 4.69) is 28.6 Å². The van der Waals surface area contributed by atoms with Crippen LogP contribution in [0.3, 0.4) is 0 Å². The lowest BCUT2D eigenvalue weighted by molar-refractivity contribution is 0.585. The lowest BCUT2D eigenvalue weighted by Gasteiger charge is -2.22. The fourth-order valence-electron chi connectivity index (χ4n) is 2.19. The van der Waals surface area contributed by atoms with Gasteiger partial charge in [0, 0.05) is 29.7 Å². The van der Waals surface area contributed by atoms with Gasteiger partial charge in [-0.25, -0.2) is 4.39 Å². The molecule has 0 fully saturated rings. The Hall–Kier alpha value is -1.39. The van der Waals surface area contributed by atoms with Crippen LogP contribution in [0.1, 0.15) is 23.8 Å². The molecule has 20 heavy (non-hydrogen) atoms. The van der Waals surface area contributed by atoms with Crippen LogP contribution in [0.2, 0.25) is 0 Å². The Morgan fingerprint density at radius 2 is 2.10 bits per heavy atom. The quantitative estimate of drug-likeness (QED) is 0.775. The Bertz CT molecular complexity index is 525. The van der Waals surface area contributed by atoms with Gasteiger partial charge >= 0.3 is 0 Å². The van der Waals surface area contributed by atoms with Crippen LogP contribution in [-0.2, 0) is 13.1 Å². The molecule has 0 saturated heterocycles. The van der Waals surface area contributed by atoms with Crippen molar-refractivity contribution >= 4 is 17.0 Å². The molecule has 0 bridgehead atoms. The molecular formula is C16H21FN2S. The Morgan fingerprint density at radius 3 is 2.80 bits per heavy atom. The van der Waals surface area contributed by atoms with Crippen LogP contribution in [-0.4, -0.2) is 13.6 Å². The summed E-state index contributed by atoms with van der Waals surface area (Å²) in [6.07, 6.45) is 1.05. The van der Waals surface area contributed by atoms with Crippen LogP contribution in [0, 0.1) is 5.82 Å². The fraction of sp³-hybridized carbons (Fsp3) is 0.375. The van der Waals surface area contributed by atoms with Crippen molar-refractivity contribution in [3.05, 3.63) is 52.0 Å². The molecule has 0 spiro atoms. The van der Waals surface area contributed by atoms with Gasteiger partial charge in [0.2, 0.25) is 0 Å². The van der Waals surface area contributed by atoms with E-state index in [1.807, 2.05) is 19.2 Å². The van der Waals surface area contributed by atoms with Crippen LogP contribution in [0.5, 0.6) is 0 Å². The van der Waals surface area contributed by atoms with E-state index in [1.165, 1.54) is 10.9 Å². The molecule has 1 aromatic carbocycles. The third kappa shape index (κ3) is 3.81. The molecule has 0 amide bonds. The molecule has 0 aliphatic heterocycles. The van der Waals surface area contributed by atoms with Gasteiger partial charge in [-0.1, -0.05) is 19.1 Å². The van der Waals surface area contributed by atoms with Gasteiger partial charge in [0.25, 0.3) is 0 Å². The highest BCUT2D eigenvalue weighted by Crippen LogP contribution is 2.24. The molecular weight excluding hydrogens is 271 g/mol. The first-order valence-corrected chi connectivity index (χ1v) is 7.82. The second-order valence-electron chi connectivity index (χ2n) is 4.85. The predicted octanol–water partition coefficient (Wildman–Crippen LogP) is 4.02. The van der Waals surface area contributed by atoms with Gasteiger partial charge in [-0.2, -0.15) is 0 Å². The number of anilines is 1. The number of rotatable bonds is 7. The standard InChI is InChI=1S/C16H21FN2S/c1-3-9-18-11-14-15(17)7-4-8-16(14)19(2)12-13-6-5-10-20-13/h4-8,10,18H,3,9,11-12H2,1-2H3. The smallest absolute Gasteiger partial charge is 0.129 e. The summed E-state index contributed by atoms with van der Waals surface area (Å²) in [5, 5.41) is 5.35. The maximum absolute atomic E-state index is 14.1. The first-order chi connectivity index (χ1) is 9.72. The zero-order valence-corrected chi connectivity index (χ0v) is 12.8. The molecule has 108 valence electrons. The van der Waals surface area contributed by atoms with Gasteiger partial charge in [0.05, 0.1) is 6.54 Å². The minimum Gasteiger partial charge on any atom is -0.369 e. The molecule has 0 radical (unpaired) electrons. The van der Waals surface area contributed by atoms with Gasteiger partial charge in [0.1, 0.15) is 5.82 Å². The lowest BCUT2D eigenvalue weighted by atomic mass is 10.1. The minimum absolute atomic E-state index is 0.135. The van der Waals surface area contributed by atoms with Gasteiger partial charge in [0.15, 0.2) is 0 Å². The average Bonchev–Trinajstić information content (AvgIpc) is 2.93. The van der Waals surface area contributed by atoms with E-state index in [4.69, 9.17) is 0 Å². The van der Waals surface area contributed by atoms with Crippen molar-refractivity contribution in [3.63, 3.8) is 0 Å². The summed E-state index contributed by atoms with van der Waals surface area (Å²) in [6.45, 7) is 4.40. The van der Waals surface area contributed by atoms with Gasteiger partial charge in [-0.15, -0.1) is 11.3 Å². The Morgan fingerprint density at radius 1 is 1.25 bits per heavy atom.